The van der Waals surface area contributed by atoms with E-state index in [0.29, 0.717) is 22.9 Å². The summed E-state index contributed by atoms with van der Waals surface area (Å²) in [5.74, 6) is -0.182. The van der Waals surface area contributed by atoms with Crippen LogP contribution in [0.3, 0.4) is 0 Å². The largest absolute Gasteiger partial charge is 0.343 e. The van der Waals surface area contributed by atoms with Gasteiger partial charge in [-0.05, 0) is 60.7 Å². The van der Waals surface area contributed by atoms with Crippen molar-refractivity contribution in [1.82, 2.24) is 19.5 Å². The summed E-state index contributed by atoms with van der Waals surface area (Å²) >= 11 is 3.06. The fourth-order valence-corrected chi connectivity index (χ4v) is 7.60. The Hall–Kier alpha value is -4.41. The Labute approximate surface area is 250 Å². The number of Topliss-reactive ketones (excluding diaryl/α,β-unsaturated/α-hetero) is 1. The molecule has 0 atom stereocenters. The minimum absolute atomic E-state index is 0.0195. The monoisotopic (exact) mass is 592 g/mol. The molecule has 0 aliphatic carbocycles. The Morgan fingerprint density at radius 3 is 2.64 bits per heavy atom. The van der Waals surface area contributed by atoms with Gasteiger partial charge in [0.05, 0.1) is 27.6 Å². The molecule has 42 heavy (non-hydrogen) atoms. The number of ketones is 1. The van der Waals surface area contributed by atoms with Crippen LogP contribution in [0.2, 0.25) is 0 Å². The third kappa shape index (κ3) is 5.08. The number of carbonyl (C=O) groups excluding carboxylic acids is 2. The zero-order valence-electron chi connectivity index (χ0n) is 23.0. The van der Waals surface area contributed by atoms with Crippen molar-refractivity contribution < 1.29 is 9.59 Å². The molecule has 0 bridgehead atoms. The first-order valence-electron chi connectivity index (χ1n) is 14.0. The molecule has 1 aliphatic heterocycles. The van der Waals surface area contributed by atoms with Gasteiger partial charge in [-0.1, -0.05) is 47.7 Å². The maximum Gasteiger partial charge on any atom is 0.257 e. The van der Waals surface area contributed by atoms with Crippen LogP contribution >= 0.6 is 22.7 Å². The van der Waals surface area contributed by atoms with Gasteiger partial charge in [-0.2, -0.15) is 0 Å². The minimum Gasteiger partial charge on any atom is -0.343 e. The highest BCUT2D eigenvalue weighted by atomic mass is 32.1. The first-order valence-corrected chi connectivity index (χ1v) is 15.6. The molecule has 10 heteroatoms. The predicted molar refractivity (Wildman–Crippen MR) is 169 cm³/mol. The number of fused-ring (bicyclic) bond motifs is 3. The number of imidazole rings is 1. The van der Waals surface area contributed by atoms with Crippen LogP contribution in [0.5, 0.6) is 0 Å². The van der Waals surface area contributed by atoms with Crippen molar-refractivity contribution in [3.8, 4) is 0 Å². The first kappa shape index (κ1) is 26.5. The van der Waals surface area contributed by atoms with Crippen molar-refractivity contribution in [1.29, 1.82) is 0 Å². The summed E-state index contributed by atoms with van der Waals surface area (Å²) in [5, 5.41) is 4.43. The zero-order chi connectivity index (χ0) is 28.6. The van der Waals surface area contributed by atoms with Crippen molar-refractivity contribution in [3.05, 3.63) is 100 Å². The number of hydrogen-bond acceptors (Lipinski definition) is 8. The molecule has 8 nitrogen and oxygen atoms in total. The highest BCUT2D eigenvalue weighted by Crippen LogP contribution is 2.33. The molecule has 0 saturated carbocycles. The van der Waals surface area contributed by atoms with E-state index in [1.807, 2.05) is 60.9 Å². The average Bonchev–Trinajstić information content (AvgIpc) is 3.73. The normalized spacial score (nSPS) is 13.0. The second kappa shape index (κ2) is 11.1. The third-order valence-electron chi connectivity index (χ3n) is 7.65. The lowest BCUT2D eigenvalue weighted by Gasteiger charge is -2.29. The molecule has 3 aromatic carbocycles. The fourth-order valence-electron chi connectivity index (χ4n) is 5.56. The van der Waals surface area contributed by atoms with Crippen LogP contribution in [0.15, 0.2) is 73.1 Å². The first-order chi connectivity index (χ1) is 20.5. The number of aromatic nitrogens is 4. The van der Waals surface area contributed by atoms with E-state index >= 15 is 0 Å². The van der Waals surface area contributed by atoms with Crippen molar-refractivity contribution in [3.63, 3.8) is 0 Å². The van der Waals surface area contributed by atoms with Crippen LogP contribution in [0.25, 0.3) is 21.3 Å². The summed E-state index contributed by atoms with van der Waals surface area (Å²) in [4.78, 5) is 43.1. The Balaban J connectivity index is 1.09. The number of hydrogen-bond donors (Lipinski definition) is 1. The number of benzene rings is 3. The molecule has 1 aliphatic rings. The number of thiazole rings is 2. The lowest BCUT2D eigenvalue weighted by Crippen LogP contribution is -2.32. The van der Waals surface area contributed by atoms with Crippen LogP contribution in [0, 0.1) is 0 Å². The number of nitrogens with zero attached hydrogens (tertiary/aromatic N) is 5. The van der Waals surface area contributed by atoms with Gasteiger partial charge in [-0.3, -0.25) is 14.9 Å². The molecule has 1 N–H and O–H groups in total. The molecule has 0 saturated heterocycles. The highest BCUT2D eigenvalue weighted by Gasteiger charge is 2.26. The molecule has 3 aromatic heterocycles. The molecule has 210 valence electrons. The predicted octanol–water partition coefficient (Wildman–Crippen LogP) is 6.75. The lowest BCUT2D eigenvalue weighted by molar-refractivity contribution is 0.100. The third-order valence-corrected chi connectivity index (χ3v) is 9.78. The van der Waals surface area contributed by atoms with E-state index in [2.05, 4.69) is 36.9 Å². The number of amides is 1. The summed E-state index contributed by atoms with van der Waals surface area (Å²) < 4.78 is 3.20. The van der Waals surface area contributed by atoms with Crippen LogP contribution < -0.4 is 10.2 Å². The second-order valence-electron chi connectivity index (χ2n) is 10.4. The molecule has 6 aromatic rings. The maximum absolute atomic E-state index is 13.4. The van der Waals surface area contributed by atoms with E-state index in [0.717, 1.165) is 69.2 Å². The van der Waals surface area contributed by atoms with E-state index in [9.17, 15) is 9.59 Å². The summed E-state index contributed by atoms with van der Waals surface area (Å²) in [6, 6.07) is 21.9. The number of anilines is 2. The van der Waals surface area contributed by atoms with Gasteiger partial charge in [0.1, 0.15) is 5.69 Å². The quantitative estimate of drug-likeness (QED) is 0.197. The van der Waals surface area contributed by atoms with Crippen molar-refractivity contribution in [2.24, 2.45) is 0 Å². The number of rotatable bonds is 8. The molecular weight excluding hydrogens is 565 g/mol. The molecule has 1 amide bonds. The van der Waals surface area contributed by atoms with E-state index in [1.54, 1.807) is 18.3 Å². The number of nitrogens with one attached hydrogen (secondary N) is 1. The Kier molecular flexibility index (Phi) is 7.01. The van der Waals surface area contributed by atoms with Gasteiger partial charge < -0.3 is 9.47 Å². The van der Waals surface area contributed by atoms with Gasteiger partial charge in [0.2, 0.25) is 0 Å². The van der Waals surface area contributed by atoms with E-state index < -0.39 is 0 Å². The lowest BCUT2D eigenvalue weighted by atomic mass is 9.94. The van der Waals surface area contributed by atoms with E-state index in [4.69, 9.17) is 4.98 Å². The fraction of sp³-hybridized carbons (Fsp3) is 0.219. The van der Waals surface area contributed by atoms with Gasteiger partial charge in [-0.25, -0.2) is 15.0 Å². The average molecular weight is 593 g/mol. The maximum atomic E-state index is 13.4. The van der Waals surface area contributed by atoms with Crippen LogP contribution in [0.4, 0.5) is 10.3 Å². The van der Waals surface area contributed by atoms with Crippen molar-refractivity contribution in [2.45, 2.75) is 39.3 Å². The summed E-state index contributed by atoms with van der Waals surface area (Å²) in [6.45, 7) is 3.74. The van der Waals surface area contributed by atoms with Gasteiger partial charge in [-0.15, -0.1) is 11.3 Å². The minimum atomic E-state index is -0.163. The summed E-state index contributed by atoms with van der Waals surface area (Å²) in [5.41, 5.74) is 6.34. The molecular formula is C32H28N6O2S2. The van der Waals surface area contributed by atoms with E-state index in [1.165, 1.54) is 16.9 Å². The number of para-hydroxylation sites is 3. The van der Waals surface area contributed by atoms with Crippen LogP contribution in [-0.2, 0) is 25.9 Å². The summed E-state index contributed by atoms with van der Waals surface area (Å²) in [6.07, 6.45) is 4.32. The molecule has 0 fully saturated rings. The molecule has 0 radical (unpaired) electrons. The standard InChI is InChI=1S/C32H28N6O2S2/c1-20(39)29-28(14-7-16-38-19-33-24-10-2-4-12-26(24)38)42-32(35-29)37-17-15-21-8-6-9-22(23(21)18-37)30(40)36-31-34-25-11-3-5-13-27(25)41-31/h2-6,8-13,19H,7,14-18H2,1H3,(H,34,36,40). The smallest absolute Gasteiger partial charge is 0.257 e. The highest BCUT2D eigenvalue weighted by molar-refractivity contribution is 7.22. The molecule has 0 spiro atoms. The molecule has 7 rings (SSSR count). The second-order valence-corrected chi connectivity index (χ2v) is 12.5. The van der Waals surface area contributed by atoms with E-state index in [-0.39, 0.29) is 11.7 Å². The Morgan fingerprint density at radius 1 is 0.952 bits per heavy atom. The Bertz CT molecular complexity index is 1920. The zero-order valence-corrected chi connectivity index (χ0v) is 24.7. The van der Waals surface area contributed by atoms with Gasteiger partial charge in [0.15, 0.2) is 16.0 Å². The summed E-state index contributed by atoms with van der Waals surface area (Å²) in [7, 11) is 0. The Morgan fingerprint density at radius 2 is 1.79 bits per heavy atom. The van der Waals surface area contributed by atoms with Gasteiger partial charge in [0, 0.05) is 37.0 Å². The molecule has 0 unspecified atom stereocenters. The SMILES string of the molecule is CC(=O)c1nc(N2CCc3cccc(C(=O)Nc4nc5ccccc5s4)c3C2)sc1CCCn1cnc2ccccc21. The van der Waals surface area contributed by atoms with Crippen molar-refractivity contribution in [2.75, 3.05) is 16.8 Å². The van der Waals surface area contributed by atoms with Crippen LogP contribution in [0.1, 0.15) is 50.2 Å². The van der Waals surface area contributed by atoms with Gasteiger partial charge >= 0.3 is 0 Å². The van der Waals surface area contributed by atoms with Crippen molar-refractivity contribution >= 4 is 65.9 Å². The number of carbonyl (C=O) groups is 2. The molecule has 4 heterocycles. The van der Waals surface area contributed by atoms with Gasteiger partial charge in [0.25, 0.3) is 5.91 Å². The number of aryl methyl sites for hydroxylation is 2. The topological polar surface area (TPSA) is 93.0 Å². The van der Waals surface area contributed by atoms with Crippen LogP contribution in [-0.4, -0.2) is 37.8 Å².